The van der Waals surface area contributed by atoms with Crippen LogP contribution < -0.4 is 9.04 Å². The first-order valence-corrected chi connectivity index (χ1v) is 11.5. The Morgan fingerprint density at radius 2 is 1.70 bits per heavy atom. The number of benzene rings is 2. The van der Waals surface area contributed by atoms with Crippen molar-refractivity contribution in [3.05, 3.63) is 54.3 Å². The highest BCUT2D eigenvalue weighted by atomic mass is 32.2. The maximum Gasteiger partial charge on any atom is 0.264 e. The fourth-order valence-corrected chi connectivity index (χ4v) is 5.20. The highest BCUT2D eigenvalue weighted by Crippen LogP contribution is 2.32. The predicted molar refractivity (Wildman–Crippen MR) is 114 cm³/mol. The molecule has 2 aromatic rings. The van der Waals surface area contributed by atoms with Crippen molar-refractivity contribution in [1.82, 2.24) is 4.90 Å². The Morgan fingerprint density at radius 1 is 1.07 bits per heavy atom. The summed E-state index contributed by atoms with van der Waals surface area (Å²) in [5.41, 5.74) is 0.259. The van der Waals surface area contributed by atoms with Crippen molar-refractivity contribution in [3.8, 4) is 5.75 Å². The maximum atomic E-state index is 13.4. The van der Waals surface area contributed by atoms with Crippen LogP contribution in [0.25, 0.3) is 0 Å². The van der Waals surface area contributed by atoms with Crippen LogP contribution in [0.1, 0.15) is 32.1 Å². The van der Waals surface area contributed by atoms with Gasteiger partial charge in [0.15, 0.2) is 0 Å². The van der Waals surface area contributed by atoms with E-state index in [0.29, 0.717) is 5.75 Å². The molecule has 1 fully saturated rings. The molecule has 8 heteroatoms. The van der Waals surface area contributed by atoms with Gasteiger partial charge in [-0.2, -0.15) is 0 Å². The van der Waals surface area contributed by atoms with Gasteiger partial charge in [-0.3, -0.25) is 9.10 Å². The van der Waals surface area contributed by atoms with E-state index in [4.69, 9.17) is 4.74 Å². The van der Waals surface area contributed by atoms with Gasteiger partial charge >= 0.3 is 0 Å². The number of amides is 1. The molecule has 0 heterocycles. The van der Waals surface area contributed by atoms with Gasteiger partial charge in [0, 0.05) is 13.1 Å². The van der Waals surface area contributed by atoms with Crippen molar-refractivity contribution in [1.29, 1.82) is 0 Å². The van der Waals surface area contributed by atoms with Gasteiger partial charge < -0.3 is 9.64 Å². The number of sulfonamides is 1. The van der Waals surface area contributed by atoms with Crippen LogP contribution in [0.3, 0.4) is 0 Å². The molecule has 0 bridgehead atoms. The minimum atomic E-state index is -4.12. The van der Waals surface area contributed by atoms with E-state index in [-0.39, 0.29) is 29.1 Å². The van der Waals surface area contributed by atoms with Gasteiger partial charge in [0.1, 0.15) is 18.1 Å². The second-order valence-corrected chi connectivity index (χ2v) is 9.30. The SMILES string of the molecule is COc1ccccc1N(CC(=O)N(C)C1CCCCC1)S(=O)(=O)c1ccc(F)cc1. The average molecular weight is 435 g/mol. The van der Waals surface area contributed by atoms with E-state index in [1.165, 1.54) is 19.2 Å². The van der Waals surface area contributed by atoms with Crippen LogP contribution in [0.5, 0.6) is 5.75 Å². The summed E-state index contributed by atoms with van der Waals surface area (Å²) in [7, 11) is -0.956. The Hall–Kier alpha value is -2.61. The summed E-state index contributed by atoms with van der Waals surface area (Å²) in [4.78, 5) is 14.6. The number of hydrogen-bond donors (Lipinski definition) is 0. The minimum Gasteiger partial charge on any atom is -0.495 e. The van der Waals surface area contributed by atoms with E-state index in [1.807, 2.05) is 0 Å². The van der Waals surface area contributed by atoms with Crippen molar-refractivity contribution >= 4 is 21.6 Å². The molecule has 0 spiro atoms. The average Bonchev–Trinajstić information content (AvgIpc) is 2.77. The third-order valence-corrected chi connectivity index (χ3v) is 7.32. The lowest BCUT2D eigenvalue weighted by atomic mass is 9.94. The molecule has 1 amide bonds. The monoisotopic (exact) mass is 434 g/mol. The highest BCUT2D eigenvalue weighted by molar-refractivity contribution is 7.92. The van der Waals surface area contributed by atoms with Gasteiger partial charge in [-0.15, -0.1) is 0 Å². The van der Waals surface area contributed by atoms with E-state index in [1.54, 1.807) is 36.2 Å². The molecular weight excluding hydrogens is 407 g/mol. The number of carbonyl (C=O) groups excluding carboxylic acids is 1. The predicted octanol–water partition coefficient (Wildman–Crippen LogP) is 3.82. The molecule has 0 radical (unpaired) electrons. The zero-order valence-electron chi connectivity index (χ0n) is 17.3. The third-order valence-electron chi connectivity index (χ3n) is 5.55. The normalized spacial score (nSPS) is 14.9. The molecule has 6 nitrogen and oxygen atoms in total. The standard InChI is InChI=1S/C22H27FN2O4S/c1-24(18-8-4-3-5-9-18)22(26)16-25(20-10-6-7-11-21(20)29-2)30(27,28)19-14-12-17(23)13-15-19/h6-7,10-15,18H,3-5,8-9,16H2,1-2H3. The van der Waals surface area contributed by atoms with Crippen LogP contribution in [0.15, 0.2) is 53.4 Å². The number of carbonyl (C=O) groups is 1. The number of hydrogen-bond acceptors (Lipinski definition) is 4. The van der Waals surface area contributed by atoms with Gasteiger partial charge in [0.05, 0.1) is 17.7 Å². The summed E-state index contributed by atoms with van der Waals surface area (Å²) in [5, 5.41) is 0. The summed E-state index contributed by atoms with van der Waals surface area (Å²) in [6, 6.07) is 11.3. The van der Waals surface area contributed by atoms with Crippen LogP contribution in [-0.2, 0) is 14.8 Å². The summed E-state index contributed by atoms with van der Waals surface area (Å²) in [6.45, 7) is -0.368. The molecule has 3 rings (SSSR count). The highest BCUT2D eigenvalue weighted by Gasteiger charge is 2.32. The van der Waals surface area contributed by atoms with Crippen molar-refractivity contribution < 1.29 is 22.3 Å². The van der Waals surface area contributed by atoms with Gasteiger partial charge in [-0.25, -0.2) is 12.8 Å². The smallest absolute Gasteiger partial charge is 0.264 e. The Morgan fingerprint density at radius 3 is 2.33 bits per heavy atom. The summed E-state index contributed by atoms with van der Waals surface area (Å²) in [6.07, 6.45) is 5.12. The lowest BCUT2D eigenvalue weighted by Crippen LogP contribution is -2.46. The zero-order valence-corrected chi connectivity index (χ0v) is 18.1. The topological polar surface area (TPSA) is 66.9 Å². The maximum absolute atomic E-state index is 13.4. The fraction of sp³-hybridized carbons (Fsp3) is 0.409. The van der Waals surface area contributed by atoms with E-state index in [0.717, 1.165) is 48.5 Å². The molecule has 0 unspecified atom stereocenters. The lowest BCUT2D eigenvalue weighted by Gasteiger charge is -2.33. The van der Waals surface area contributed by atoms with E-state index < -0.39 is 15.8 Å². The summed E-state index contributed by atoms with van der Waals surface area (Å²) in [5.74, 6) is -0.499. The van der Waals surface area contributed by atoms with Crippen LogP contribution in [-0.4, -0.2) is 46.0 Å². The zero-order chi connectivity index (χ0) is 21.7. The number of nitrogens with zero attached hydrogens (tertiary/aromatic N) is 2. The van der Waals surface area contributed by atoms with Crippen molar-refractivity contribution in [2.24, 2.45) is 0 Å². The molecule has 1 saturated carbocycles. The lowest BCUT2D eigenvalue weighted by molar-refractivity contribution is -0.130. The summed E-state index contributed by atoms with van der Waals surface area (Å²) >= 11 is 0. The third kappa shape index (κ3) is 4.75. The molecule has 1 aliphatic carbocycles. The van der Waals surface area contributed by atoms with Gasteiger partial charge in [-0.05, 0) is 49.2 Å². The number of anilines is 1. The van der Waals surface area contributed by atoms with Crippen LogP contribution >= 0.6 is 0 Å². The summed E-state index contributed by atoms with van der Waals surface area (Å²) < 4.78 is 46.6. The fourth-order valence-electron chi connectivity index (χ4n) is 3.78. The molecular formula is C22H27FN2O4S. The first-order chi connectivity index (χ1) is 14.3. The van der Waals surface area contributed by atoms with Crippen molar-refractivity contribution in [3.63, 3.8) is 0 Å². The molecule has 0 aromatic heterocycles. The van der Waals surface area contributed by atoms with Crippen molar-refractivity contribution in [2.75, 3.05) is 25.0 Å². The second kappa shape index (κ2) is 9.47. The Balaban J connectivity index is 1.97. The van der Waals surface area contributed by atoms with Crippen LogP contribution in [0.2, 0.25) is 0 Å². The molecule has 30 heavy (non-hydrogen) atoms. The number of rotatable bonds is 7. The number of methoxy groups -OCH3 is 1. The second-order valence-electron chi connectivity index (χ2n) is 7.43. The number of halogens is 1. The van der Waals surface area contributed by atoms with E-state index in [9.17, 15) is 17.6 Å². The Labute approximate surface area is 177 Å². The molecule has 0 saturated heterocycles. The van der Waals surface area contributed by atoms with E-state index >= 15 is 0 Å². The number of para-hydroxylation sites is 2. The quantitative estimate of drug-likeness (QED) is 0.665. The number of likely N-dealkylation sites (N-methyl/N-ethyl adjacent to an activating group) is 1. The Bertz CT molecular complexity index is 973. The molecule has 0 atom stereocenters. The minimum absolute atomic E-state index is 0.0945. The van der Waals surface area contributed by atoms with Gasteiger partial charge in [-0.1, -0.05) is 31.4 Å². The van der Waals surface area contributed by atoms with Crippen LogP contribution in [0, 0.1) is 5.82 Å². The van der Waals surface area contributed by atoms with Crippen LogP contribution in [0.4, 0.5) is 10.1 Å². The van der Waals surface area contributed by atoms with Gasteiger partial charge in [0.2, 0.25) is 5.91 Å². The molecule has 0 aliphatic heterocycles. The van der Waals surface area contributed by atoms with Gasteiger partial charge in [0.25, 0.3) is 10.0 Å². The number of ether oxygens (including phenoxy) is 1. The van der Waals surface area contributed by atoms with Crippen molar-refractivity contribution in [2.45, 2.75) is 43.0 Å². The molecule has 0 N–H and O–H groups in total. The largest absolute Gasteiger partial charge is 0.495 e. The Kier molecular flexibility index (Phi) is 6.97. The molecule has 1 aliphatic rings. The molecule has 2 aromatic carbocycles. The van der Waals surface area contributed by atoms with E-state index in [2.05, 4.69) is 0 Å². The molecule has 162 valence electrons. The first-order valence-electron chi connectivity index (χ1n) is 10.0. The first kappa shape index (κ1) is 22.1.